The highest BCUT2D eigenvalue weighted by Gasteiger charge is 2.19. The third-order valence-corrected chi connectivity index (χ3v) is 3.00. The monoisotopic (exact) mass is 300 g/mol. The Kier molecular flexibility index (Phi) is 3.30. The first kappa shape index (κ1) is 13.7. The van der Waals surface area contributed by atoms with Crippen LogP contribution in [0.25, 0.3) is 23.0 Å². The van der Waals surface area contributed by atoms with Crippen molar-refractivity contribution in [3.05, 3.63) is 29.8 Å². The van der Waals surface area contributed by atoms with Gasteiger partial charge in [0.25, 0.3) is 5.89 Å². The van der Waals surface area contributed by atoms with Gasteiger partial charge in [-0.2, -0.15) is 4.98 Å². The van der Waals surface area contributed by atoms with E-state index in [1.165, 1.54) is 0 Å². The zero-order chi connectivity index (χ0) is 15.7. The van der Waals surface area contributed by atoms with Crippen LogP contribution in [0.3, 0.4) is 0 Å². The maximum Gasteiger partial charge on any atom is 0.325 e. The van der Waals surface area contributed by atoms with Gasteiger partial charge in [0.2, 0.25) is 5.82 Å². The van der Waals surface area contributed by atoms with E-state index in [4.69, 9.17) is 15.4 Å². The first-order chi connectivity index (χ1) is 10.5. The van der Waals surface area contributed by atoms with Crippen LogP contribution in [0.1, 0.15) is 5.56 Å². The van der Waals surface area contributed by atoms with Gasteiger partial charge in [-0.05, 0) is 6.92 Å². The first-order valence-electron chi connectivity index (χ1n) is 6.36. The highest BCUT2D eigenvalue weighted by atomic mass is 16.5. The molecule has 0 amide bonds. The number of aliphatic carboxylic acids is 1. The van der Waals surface area contributed by atoms with Crippen molar-refractivity contribution in [2.24, 2.45) is 0 Å². The van der Waals surface area contributed by atoms with Gasteiger partial charge in [-0.15, -0.1) is 5.10 Å². The molecule has 0 fully saturated rings. The van der Waals surface area contributed by atoms with Crippen molar-refractivity contribution in [3.63, 3.8) is 0 Å². The lowest BCUT2D eigenvalue weighted by Crippen LogP contribution is -2.12. The number of carboxylic acid groups (broad SMARTS) is 1. The summed E-state index contributed by atoms with van der Waals surface area (Å²) in [5, 5.41) is 20.1. The molecule has 0 aliphatic rings. The fourth-order valence-electron chi connectivity index (χ4n) is 1.86. The highest BCUT2D eigenvalue weighted by Crippen LogP contribution is 2.24. The van der Waals surface area contributed by atoms with Crippen LogP contribution in [0, 0.1) is 6.92 Å². The second kappa shape index (κ2) is 5.28. The average molecular weight is 300 g/mol. The molecular formula is C13H12N6O3. The van der Waals surface area contributed by atoms with Crippen LogP contribution in [0.5, 0.6) is 0 Å². The molecule has 9 heteroatoms. The van der Waals surface area contributed by atoms with Crippen LogP contribution in [0.4, 0.5) is 5.82 Å². The first-order valence-corrected chi connectivity index (χ1v) is 6.36. The number of benzene rings is 1. The van der Waals surface area contributed by atoms with Crippen LogP contribution < -0.4 is 5.73 Å². The predicted molar refractivity (Wildman–Crippen MR) is 75.5 cm³/mol. The summed E-state index contributed by atoms with van der Waals surface area (Å²) in [4.78, 5) is 14.9. The Morgan fingerprint density at radius 3 is 2.77 bits per heavy atom. The average Bonchev–Trinajstić information content (AvgIpc) is 3.08. The van der Waals surface area contributed by atoms with Crippen molar-refractivity contribution < 1.29 is 14.4 Å². The normalized spacial score (nSPS) is 10.8. The number of hydrogen-bond acceptors (Lipinski definition) is 7. The number of anilines is 1. The molecule has 2 aromatic heterocycles. The molecule has 3 N–H and O–H groups in total. The molecule has 0 radical (unpaired) electrons. The molecule has 1 aromatic carbocycles. The third-order valence-electron chi connectivity index (χ3n) is 3.00. The van der Waals surface area contributed by atoms with E-state index >= 15 is 0 Å². The minimum absolute atomic E-state index is 0.0570. The van der Waals surface area contributed by atoms with Crippen molar-refractivity contribution in [2.75, 3.05) is 5.73 Å². The summed E-state index contributed by atoms with van der Waals surface area (Å²) in [6.07, 6.45) is 0. The number of aromatic nitrogens is 5. The smallest absolute Gasteiger partial charge is 0.325 e. The molecule has 0 saturated carbocycles. The van der Waals surface area contributed by atoms with E-state index in [2.05, 4.69) is 20.5 Å². The zero-order valence-electron chi connectivity index (χ0n) is 11.6. The molecule has 0 spiro atoms. The Balaban J connectivity index is 1.92. The lowest BCUT2D eigenvalue weighted by Gasteiger charge is -1.97. The molecule has 3 aromatic rings. The van der Waals surface area contributed by atoms with Crippen molar-refractivity contribution >= 4 is 11.8 Å². The second-order valence-electron chi connectivity index (χ2n) is 4.66. The molecule has 0 saturated heterocycles. The number of aryl methyl sites for hydroxylation is 1. The van der Waals surface area contributed by atoms with Gasteiger partial charge in [-0.1, -0.05) is 40.2 Å². The number of carbonyl (C=O) groups is 1. The van der Waals surface area contributed by atoms with Crippen LogP contribution in [0.2, 0.25) is 0 Å². The molecule has 0 atom stereocenters. The van der Waals surface area contributed by atoms with Crippen LogP contribution in [-0.2, 0) is 11.3 Å². The van der Waals surface area contributed by atoms with Crippen LogP contribution in [0.15, 0.2) is 28.8 Å². The number of hydrogen-bond donors (Lipinski definition) is 2. The molecule has 0 bridgehead atoms. The van der Waals surface area contributed by atoms with Crippen LogP contribution in [-0.4, -0.2) is 36.2 Å². The lowest BCUT2D eigenvalue weighted by molar-refractivity contribution is -0.137. The fraction of sp³-hybridized carbons (Fsp3) is 0.154. The number of nitrogens with two attached hydrogens (primary N) is 1. The summed E-state index contributed by atoms with van der Waals surface area (Å²) in [6, 6.07) is 7.61. The van der Waals surface area contributed by atoms with Gasteiger partial charge >= 0.3 is 5.97 Å². The van der Waals surface area contributed by atoms with Crippen molar-refractivity contribution in [3.8, 4) is 23.0 Å². The Hall–Kier alpha value is -3.23. The summed E-state index contributed by atoms with van der Waals surface area (Å²) in [5.41, 5.74) is 7.87. The van der Waals surface area contributed by atoms with Gasteiger partial charge in [0.1, 0.15) is 6.54 Å². The van der Waals surface area contributed by atoms with Crippen molar-refractivity contribution in [1.29, 1.82) is 0 Å². The minimum Gasteiger partial charge on any atom is -0.480 e. The largest absolute Gasteiger partial charge is 0.480 e. The molecular weight excluding hydrogens is 288 g/mol. The summed E-state index contributed by atoms with van der Waals surface area (Å²) in [6.45, 7) is 1.59. The Morgan fingerprint density at radius 1 is 1.36 bits per heavy atom. The fourth-order valence-corrected chi connectivity index (χ4v) is 1.86. The number of nitrogen functional groups attached to an aromatic ring is 1. The molecule has 3 rings (SSSR count). The van der Waals surface area contributed by atoms with Gasteiger partial charge in [0.15, 0.2) is 11.5 Å². The molecule has 0 unspecified atom stereocenters. The second-order valence-corrected chi connectivity index (χ2v) is 4.66. The molecule has 9 nitrogen and oxygen atoms in total. The lowest BCUT2D eigenvalue weighted by atomic mass is 10.1. The quantitative estimate of drug-likeness (QED) is 0.728. The maximum absolute atomic E-state index is 10.7. The van der Waals surface area contributed by atoms with Gasteiger partial charge in [0.05, 0.1) is 0 Å². The summed E-state index contributed by atoms with van der Waals surface area (Å²) < 4.78 is 6.18. The van der Waals surface area contributed by atoms with Gasteiger partial charge < -0.3 is 15.4 Å². The summed E-state index contributed by atoms with van der Waals surface area (Å²) >= 11 is 0. The van der Waals surface area contributed by atoms with Crippen molar-refractivity contribution in [1.82, 2.24) is 25.1 Å². The summed E-state index contributed by atoms with van der Waals surface area (Å²) in [7, 11) is 0. The van der Waals surface area contributed by atoms with E-state index in [1.54, 1.807) is 0 Å². The Bertz CT molecular complexity index is 821. The van der Waals surface area contributed by atoms with E-state index in [0.29, 0.717) is 5.82 Å². The standard InChI is InChI=1S/C13H12N6O3/c1-7-2-4-8(5-3-7)12-15-13(22-17-12)10-11(14)19(18-16-10)6-9(20)21/h2-5H,6,14H2,1H3,(H,20,21). The topological polar surface area (TPSA) is 133 Å². The predicted octanol–water partition coefficient (Wildman–Crippen LogP) is 0.970. The van der Waals surface area contributed by atoms with E-state index in [-0.39, 0.29) is 17.4 Å². The van der Waals surface area contributed by atoms with Gasteiger partial charge in [-0.25, -0.2) is 4.68 Å². The minimum atomic E-state index is -1.07. The molecule has 2 heterocycles. The SMILES string of the molecule is Cc1ccc(-c2noc(-c3nnn(CC(=O)O)c3N)n2)cc1. The van der Waals surface area contributed by atoms with E-state index in [0.717, 1.165) is 15.8 Å². The van der Waals surface area contributed by atoms with Gasteiger partial charge in [0, 0.05) is 5.56 Å². The number of carboxylic acids is 1. The molecule has 0 aliphatic carbocycles. The van der Waals surface area contributed by atoms with E-state index < -0.39 is 12.5 Å². The maximum atomic E-state index is 10.7. The summed E-state index contributed by atoms with van der Waals surface area (Å²) in [5.74, 6) is -0.539. The Labute approximate surface area is 124 Å². The van der Waals surface area contributed by atoms with Crippen LogP contribution >= 0.6 is 0 Å². The van der Waals surface area contributed by atoms with Gasteiger partial charge in [-0.3, -0.25) is 4.79 Å². The van der Waals surface area contributed by atoms with Crippen molar-refractivity contribution in [2.45, 2.75) is 13.5 Å². The number of nitrogens with zero attached hydrogens (tertiary/aromatic N) is 5. The highest BCUT2D eigenvalue weighted by molar-refractivity contribution is 5.69. The molecule has 22 heavy (non-hydrogen) atoms. The Morgan fingerprint density at radius 2 is 2.09 bits per heavy atom. The number of rotatable bonds is 4. The zero-order valence-corrected chi connectivity index (χ0v) is 11.6. The molecule has 0 aliphatic heterocycles. The third kappa shape index (κ3) is 2.51. The van der Waals surface area contributed by atoms with E-state index in [1.807, 2.05) is 31.2 Å². The molecule has 112 valence electrons. The van der Waals surface area contributed by atoms with E-state index in [9.17, 15) is 4.79 Å².